The summed E-state index contributed by atoms with van der Waals surface area (Å²) in [6, 6.07) is 3.41. The number of hydrogen-bond donors (Lipinski definition) is 1. The van der Waals surface area contributed by atoms with Crippen LogP contribution < -0.4 is 15.0 Å². The first-order valence-electron chi connectivity index (χ1n) is 9.38. The molecule has 166 valence electrons. The quantitative estimate of drug-likeness (QED) is 0.599. The molecule has 0 spiro atoms. The fourth-order valence-corrected chi connectivity index (χ4v) is 3.27. The molecule has 1 amide bonds. The third kappa shape index (κ3) is 4.15. The number of ether oxygens (including phenoxy) is 1. The summed E-state index contributed by atoms with van der Waals surface area (Å²) < 4.78 is 60.9. The summed E-state index contributed by atoms with van der Waals surface area (Å²) in [5.41, 5.74) is -0.642. The highest BCUT2D eigenvalue weighted by atomic mass is 19.3. The zero-order chi connectivity index (χ0) is 22.9. The van der Waals surface area contributed by atoms with Crippen molar-refractivity contribution in [2.75, 3.05) is 30.4 Å². The zero-order valence-electron chi connectivity index (χ0n) is 16.6. The number of carbonyl (C=O) groups excluding carboxylic acids is 1. The first-order chi connectivity index (χ1) is 15.3. The van der Waals surface area contributed by atoms with Gasteiger partial charge in [-0.2, -0.15) is 0 Å². The molecule has 1 fully saturated rings. The van der Waals surface area contributed by atoms with Crippen LogP contribution in [-0.4, -0.2) is 52.0 Å². The molecule has 0 atom stereocenters. The summed E-state index contributed by atoms with van der Waals surface area (Å²) in [5.74, 6) is -5.74. The number of hydrogen-bond acceptors (Lipinski definition) is 7. The number of nitrogens with zero attached hydrogens (tertiary/aromatic N) is 5. The Morgan fingerprint density at radius 2 is 1.97 bits per heavy atom. The van der Waals surface area contributed by atoms with Crippen molar-refractivity contribution in [1.29, 1.82) is 0 Å². The van der Waals surface area contributed by atoms with Crippen molar-refractivity contribution in [1.82, 2.24) is 19.9 Å². The number of carbonyl (C=O) groups is 1. The van der Waals surface area contributed by atoms with E-state index in [2.05, 4.69) is 25.3 Å². The van der Waals surface area contributed by atoms with Crippen LogP contribution in [0.15, 0.2) is 36.9 Å². The fourth-order valence-electron chi connectivity index (χ4n) is 3.27. The van der Waals surface area contributed by atoms with Gasteiger partial charge in [0.2, 0.25) is 5.88 Å². The molecule has 4 heterocycles. The third-order valence-corrected chi connectivity index (χ3v) is 4.78. The first-order valence-corrected chi connectivity index (χ1v) is 9.38. The molecule has 8 nitrogen and oxygen atoms in total. The number of halogens is 4. The Bertz CT molecular complexity index is 1180. The van der Waals surface area contributed by atoms with Crippen LogP contribution >= 0.6 is 0 Å². The van der Waals surface area contributed by atoms with E-state index in [0.717, 1.165) is 24.7 Å². The van der Waals surface area contributed by atoms with Gasteiger partial charge < -0.3 is 15.0 Å². The summed E-state index contributed by atoms with van der Waals surface area (Å²) in [6.07, 6.45) is 3.05. The smallest absolute Gasteiger partial charge is 0.266 e. The number of alkyl halides is 2. The molecule has 0 saturated carbocycles. The van der Waals surface area contributed by atoms with Crippen molar-refractivity contribution >= 4 is 17.4 Å². The maximum Gasteiger partial charge on any atom is 0.266 e. The Morgan fingerprint density at radius 1 is 1.16 bits per heavy atom. The average Bonchev–Trinajstić information content (AvgIpc) is 3.13. The molecule has 0 radical (unpaired) electrons. The normalized spacial score (nSPS) is 15.0. The molecule has 32 heavy (non-hydrogen) atoms. The molecule has 0 bridgehead atoms. The summed E-state index contributed by atoms with van der Waals surface area (Å²) in [4.78, 5) is 29.8. The Morgan fingerprint density at radius 3 is 2.62 bits per heavy atom. The standard InChI is InChI=1S/C20H16F4N6O2/c1-32-19-13(22)7-11(8-26-19)18(31)29-16-15(14-12(21)3-2-5-25-14)27-10-28-17(16)30-6-4-20(23,24)9-30/h2-3,5,7-8,10H,4,6,9H2,1H3,(H,29,31). The van der Waals surface area contributed by atoms with E-state index >= 15 is 0 Å². The number of methoxy groups -OCH3 is 1. The van der Waals surface area contributed by atoms with E-state index in [-0.39, 0.29) is 40.9 Å². The highest BCUT2D eigenvalue weighted by Gasteiger charge is 2.40. The average molecular weight is 448 g/mol. The molecule has 1 aliphatic rings. The third-order valence-electron chi connectivity index (χ3n) is 4.78. The minimum atomic E-state index is -2.95. The molecule has 0 unspecified atom stereocenters. The van der Waals surface area contributed by atoms with Crippen LogP contribution in [0.1, 0.15) is 16.8 Å². The number of aromatic nitrogens is 4. The Kier molecular flexibility index (Phi) is 5.59. The van der Waals surface area contributed by atoms with Crippen molar-refractivity contribution in [3.8, 4) is 17.3 Å². The molecule has 1 N–H and O–H groups in total. The van der Waals surface area contributed by atoms with Gasteiger partial charge in [-0.25, -0.2) is 32.5 Å². The summed E-state index contributed by atoms with van der Waals surface area (Å²) >= 11 is 0. The Labute approximate surface area is 179 Å². The largest absolute Gasteiger partial charge is 0.479 e. The van der Waals surface area contributed by atoms with Crippen LogP contribution in [0, 0.1) is 11.6 Å². The van der Waals surface area contributed by atoms with Crippen molar-refractivity contribution < 1.29 is 27.1 Å². The van der Waals surface area contributed by atoms with E-state index < -0.39 is 36.4 Å². The van der Waals surface area contributed by atoms with Gasteiger partial charge in [-0.05, 0) is 18.2 Å². The second kappa shape index (κ2) is 8.36. The molecule has 4 rings (SSSR count). The molecule has 0 aliphatic carbocycles. The summed E-state index contributed by atoms with van der Waals surface area (Å²) in [7, 11) is 1.22. The van der Waals surface area contributed by atoms with E-state index in [1.807, 2.05) is 0 Å². The Balaban J connectivity index is 1.78. The second-order valence-corrected chi connectivity index (χ2v) is 6.95. The van der Waals surface area contributed by atoms with E-state index in [4.69, 9.17) is 4.74 Å². The van der Waals surface area contributed by atoms with Gasteiger partial charge in [0.25, 0.3) is 11.8 Å². The number of amides is 1. The molecule has 1 aliphatic heterocycles. The van der Waals surface area contributed by atoms with E-state index in [9.17, 15) is 22.4 Å². The molecular weight excluding hydrogens is 432 g/mol. The lowest BCUT2D eigenvalue weighted by Crippen LogP contribution is -2.27. The molecule has 1 saturated heterocycles. The van der Waals surface area contributed by atoms with Crippen LogP contribution in [0.3, 0.4) is 0 Å². The summed E-state index contributed by atoms with van der Waals surface area (Å²) in [6.45, 7) is -0.689. The Hall–Kier alpha value is -3.83. The molecule has 0 aromatic carbocycles. The van der Waals surface area contributed by atoms with Crippen molar-refractivity contribution in [3.05, 3.63) is 54.1 Å². The number of pyridine rings is 2. The first kappa shape index (κ1) is 21.4. The van der Waals surface area contributed by atoms with Gasteiger partial charge in [-0.15, -0.1) is 0 Å². The SMILES string of the molecule is COc1ncc(C(=O)Nc2c(-c3ncccc3F)ncnc2N2CCC(F)(F)C2)cc1F. The highest BCUT2D eigenvalue weighted by molar-refractivity contribution is 6.07. The van der Waals surface area contributed by atoms with Crippen LogP contribution in [0.5, 0.6) is 5.88 Å². The monoisotopic (exact) mass is 448 g/mol. The predicted molar refractivity (Wildman–Crippen MR) is 106 cm³/mol. The van der Waals surface area contributed by atoms with Gasteiger partial charge in [0.05, 0.1) is 19.2 Å². The fraction of sp³-hybridized carbons (Fsp3) is 0.250. The molecular formula is C20H16F4N6O2. The van der Waals surface area contributed by atoms with Gasteiger partial charge in [0, 0.05) is 25.4 Å². The van der Waals surface area contributed by atoms with Gasteiger partial charge in [0.15, 0.2) is 17.5 Å². The molecule has 3 aromatic heterocycles. The lowest BCUT2D eigenvalue weighted by molar-refractivity contribution is 0.0257. The van der Waals surface area contributed by atoms with Crippen molar-refractivity contribution in [2.45, 2.75) is 12.3 Å². The maximum atomic E-state index is 14.4. The zero-order valence-corrected chi connectivity index (χ0v) is 16.6. The minimum Gasteiger partial charge on any atom is -0.479 e. The van der Waals surface area contributed by atoms with Crippen LogP contribution in [-0.2, 0) is 0 Å². The summed E-state index contributed by atoms with van der Waals surface area (Å²) in [5, 5.41) is 2.49. The number of nitrogens with one attached hydrogen (secondary N) is 1. The number of rotatable bonds is 5. The van der Waals surface area contributed by atoms with Gasteiger partial charge in [-0.1, -0.05) is 0 Å². The maximum absolute atomic E-state index is 14.4. The topological polar surface area (TPSA) is 93.1 Å². The second-order valence-electron chi connectivity index (χ2n) is 6.95. The van der Waals surface area contributed by atoms with Crippen molar-refractivity contribution in [3.63, 3.8) is 0 Å². The van der Waals surface area contributed by atoms with Gasteiger partial charge >= 0.3 is 0 Å². The lowest BCUT2D eigenvalue weighted by atomic mass is 10.2. The van der Waals surface area contributed by atoms with Gasteiger partial charge in [-0.3, -0.25) is 9.78 Å². The number of anilines is 2. The molecule has 3 aromatic rings. The predicted octanol–water partition coefficient (Wildman–Crippen LogP) is 3.32. The van der Waals surface area contributed by atoms with Crippen molar-refractivity contribution in [2.24, 2.45) is 0 Å². The van der Waals surface area contributed by atoms with Crippen LogP contribution in [0.2, 0.25) is 0 Å². The van der Waals surface area contributed by atoms with Crippen LogP contribution in [0.4, 0.5) is 29.1 Å². The van der Waals surface area contributed by atoms with Gasteiger partial charge in [0.1, 0.15) is 23.4 Å². The molecule has 12 heteroatoms. The van der Waals surface area contributed by atoms with E-state index in [1.165, 1.54) is 24.3 Å². The van der Waals surface area contributed by atoms with Crippen LogP contribution in [0.25, 0.3) is 11.4 Å². The van der Waals surface area contributed by atoms with E-state index in [0.29, 0.717) is 0 Å². The highest BCUT2D eigenvalue weighted by Crippen LogP contribution is 2.38. The lowest BCUT2D eigenvalue weighted by Gasteiger charge is -2.22. The van der Waals surface area contributed by atoms with E-state index in [1.54, 1.807) is 0 Å². The minimum absolute atomic E-state index is 0.0347.